The lowest BCUT2D eigenvalue weighted by Crippen LogP contribution is -2.25. The molecule has 0 spiro atoms. The van der Waals surface area contributed by atoms with E-state index in [2.05, 4.69) is 5.32 Å². The molecule has 0 heterocycles. The standard InChI is InChI=1S/C28H27NO6/c1-19(30)33-22-13-10-20(11-14-22)12-17-26(31)29-25-18-23(34-21-8-6-5-7-9-21)15-16-24(25)27(32)35-28(2,3)4/h5-18H,1-4H3,(H,29,31)/b17-12+. The van der Waals surface area contributed by atoms with Crippen LogP contribution < -0.4 is 14.8 Å². The molecule has 3 aromatic rings. The van der Waals surface area contributed by atoms with Crippen molar-refractivity contribution in [1.82, 2.24) is 0 Å². The molecule has 0 saturated carbocycles. The average Bonchev–Trinajstić information content (AvgIpc) is 2.78. The Morgan fingerprint density at radius 1 is 0.829 bits per heavy atom. The SMILES string of the molecule is CC(=O)Oc1ccc(/C=C/C(=O)Nc2cc(Oc3ccccc3)ccc2C(=O)OC(C)(C)C)cc1. The van der Waals surface area contributed by atoms with Crippen LogP contribution in [-0.2, 0) is 14.3 Å². The first kappa shape index (κ1) is 25.2. The highest BCUT2D eigenvalue weighted by molar-refractivity contribution is 6.06. The molecule has 0 radical (unpaired) electrons. The Morgan fingerprint density at radius 3 is 2.11 bits per heavy atom. The van der Waals surface area contributed by atoms with Gasteiger partial charge in [-0.1, -0.05) is 30.3 Å². The maximum absolute atomic E-state index is 12.8. The van der Waals surface area contributed by atoms with Gasteiger partial charge in [0.05, 0.1) is 11.3 Å². The number of benzene rings is 3. The number of hydrogen-bond donors (Lipinski definition) is 1. The van der Waals surface area contributed by atoms with Crippen LogP contribution >= 0.6 is 0 Å². The first-order valence-electron chi connectivity index (χ1n) is 11.0. The number of ether oxygens (including phenoxy) is 3. The van der Waals surface area contributed by atoms with Gasteiger partial charge in [0.25, 0.3) is 0 Å². The van der Waals surface area contributed by atoms with Crippen LogP contribution in [0, 0.1) is 0 Å². The first-order valence-corrected chi connectivity index (χ1v) is 11.0. The number of hydrogen-bond acceptors (Lipinski definition) is 6. The molecule has 0 saturated heterocycles. The van der Waals surface area contributed by atoms with Crippen LogP contribution in [0.5, 0.6) is 17.2 Å². The molecule has 1 amide bonds. The fourth-order valence-electron chi connectivity index (χ4n) is 2.99. The van der Waals surface area contributed by atoms with Gasteiger partial charge in [-0.25, -0.2) is 4.79 Å². The second-order valence-corrected chi connectivity index (χ2v) is 8.61. The molecule has 3 rings (SSSR count). The third-order valence-electron chi connectivity index (χ3n) is 4.42. The van der Waals surface area contributed by atoms with Gasteiger partial charge in [-0.15, -0.1) is 0 Å². The largest absolute Gasteiger partial charge is 0.457 e. The molecular formula is C28H27NO6. The van der Waals surface area contributed by atoms with Gasteiger partial charge in [-0.2, -0.15) is 0 Å². The molecule has 0 bridgehead atoms. The van der Waals surface area contributed by atoms with Crippen LogP contribution in [0.2, 0.25) is 0 Å². The number of para-hydroxylation sites is 1. The van der Waals surface area contributed by atoms with Gasteiger partial charge in [0.1, 0.15) is 22.8 Å². The number of anilines is 1. The summed E-state index contributed by atoms with van der Waals surface area (Å²) < 4.78 is 16.3. The van der Waals surface area contributed by atoms with Crippen molar-refractivity contribution in [1.29, 1.82) is 0 Å². The topological polar surface area (TPSA) is 90.9 Å². The lowest BCUT2D eigenvalue weighted by Gasteiger charge is -2.21. The molecule has 7 heteroatoms. The van der Waals surface area contributed by atoms with E-state index in [0.717, 1.165) is 5.56 Å². The summed E-state index contributed by atoms with van der Waals surface area (Å²) in [4.78, 5) is 36.5. The normalized spacial score (nSPS) is 11.1. The Kier molecular flexibility index (Phi) is 8.04. The van der Waals surface area contributed by atoms with E-state index in [0.29, 0.717) is 17.2 Å². The molecule has 0 aromatic heterocycles. The lowest BCUT2D eigenvalue weighted by molar-refractivity contribution is -0.131. The number of nitrogens with one attached hydrogen (secondary N) is 1. The average molecular weight is 474 g/mol. The van der Waals surface area contributed by atoms with Crippen molar-refractivity contribution in [3.05, 3.63) is 90.0 Å². The van der Waals surface area contributed by atoms with Crippen molar-refractivity contribution in [2.75, 3.05) is 5.32 Å². The fourth-order valence-corrected chi connectivity index (χ4v) is 2.99. The minimum absolute atomic E-state index is 0.202. The molecule has 7 nitrogen and oxygen atoms in total. The van der Waals surface area contributed by atoms with Crippen LogP contribution in [0.3, 0.4) is 0 Å². The molecule has 0 aliphatic carbocycles. The second kappa shape index (κ2) is 11.2. The number of esters is 2. The summed E-state index contributed by atoms with van der Waals surface area (Å²) in [6, 6.07) is 20.6. The Balaban J connectivity index is 1.80. The van der Waals surface area contributed by atoms with Gasteiger partial charge in [-0.3, -0.25) is 9.59 Å². The van der Waals surface area contributed by atoms with Gasteiger partial charge in [0, 0.05) is 19.1 Å². The highest BCUT2D eigenvalue weighted by atomic mass is 16.6. The Labute approximate surface area is 204 Å². The van der Waals surface area contributed by atoms with Crippen molar-refractivity contribution in [3.63, 3.8) is 0 Å². The van der Waals surface area contributed by atoms with E-state index in [1.54, 1.807) is 81.4 Å². The minimum Gasteiger partial charge on any atom is -0.457 e. The van der Waals surface area contributed by atoms with E-state index in [4.69, 9.17) is 14.2 Å². The third-order valence-corrected chi connectivity index (χ3v) is 4.42. The van der Waals surface area contributed by atoms with E-state index >= 15 is 0 Å². The molecule has 0 unspecified atom stereocenters. The molecule has 35 heavy (non-hydrogen) atoms. The summed E-state index contributed by atoms with van der Waals surface area (Å²) in [5.74, 6) is 0.0545. The third kappa shape index (κ3) is 8.16. The number of amides is 1. The van der Waals surface area contributed by atoms with Crippen molar-refractivity contribution in [2.24, 2.45) is 0 Å². The predicted octanol–water partition coefficient (Wildman–Crippen LogP) is 6.01. The smallest absolute Gasteiger partial charge is 0.340 e. The zero-order chi connectivity index (χ0) is 25.4. The predicted molar refractivity (Wildman–Crippen MR) is 134 cm³/mol. The summed E-state index contributed by atoms with van der Waals surface area (Å²) >= 11 is 0. The van der Waals surface area contributed by atoms with E-state index in [9.17, 15) is 14.4 Å². The summed E-state index contributed by atoms with van der Waals surface area (Å²) in [5, 5.41) is 2.74. The molecule has 0 aliphatic rings. The molecule has 0 fully saturated rings. The molecule has 1 N–H and O–H groups in total. The molecule has 0 atom stereocenters. The van der Waals surface area contributed by atoms with E-state index < -0.39 is 23.4 Å². The molecular weight excluding hydrogens is 446 g/mol. The monoisotopic (exact) mass is 473 g/mol. The van der Waals surface area contributed by atoms with E-state index in [1.165, 1.54) is 13.0 Å². The lowest BCUT2D eigenvalue weighted by atomic mass is 10.1. The Hall–Kier alpha value is -4.39. The molecule has 0 aliphatic heterocycles. The molecule has 3 aromatic carbocycles. The van der Waals surface area contributed by atoms with Gasteiger partial charge in [0.15, 0.2) is 0 Å². The number of rotatable bonds is 7. The van der Waals surface area contributed by atoms with Crippen molar-refractivity contribution in [2.45, 2.75) is 33.3 Å². The Bertz CT molecular complexity index is 1220. The van der Waals surface area contributed by atoms with Crippen LogP contribution in [0.4, 0.5) is 5.69 Å². The van der Waals surface area contributed by atoms with Crippen molar-refractivity contribution in [3.8, 4) is 17.2 Å². The fraction of sp³-hybridized carbons (Fsp3) is 0.179. The summed E-state index contributed by atoms with van der Waals surface area (Å²) in [6.45, 7) is 6.63. The summed E-state index contributed by atoms with van der Waals surface area (Å²) in [7, 11) is 0. The minimum atomic E-state index is -0.699. The maximum Gasteiger partial charge on any atom is 0.340 e. The quantitative estimate of drug-likeness (QED) is 0.257. The summed E-state index contributed by atoms with van der Waals surface area (Å²) in [5.41, 5.74) is 0.486. The van der Waals surface area contributed by atoms with E-state index in [1.807, 2.05) is 18.2 Å². The first-order chi connectivity index (χ1) is 16.6. The second-order valence-electron chi connectivity index (χ2n) is 8.61. The number of carbonyl (C=O) groups excluding carboxylic acids is 3. The van der Waals surface area contributed by atoms with E-state index in [-0.39, 0.29) is 11.3 Å². The zero-order valence-corrected chi connectivity index (χ0v) is 20.0. The van der Waals surface area contributed by atoms with Crippen LogP contribution in [-0.4, -0.2) is 23.4 Å². The highest BCUT2D eigenvalue weighted by Gasteiger charge is 2.21. The maximum atomic E-state index is 12.8. The highest BCUT2D eigenvalue weighted by Crippen LogP contribution is 2.28. The van der Waals surface area contributed by atoms with Crippen LogP contribution in [0.25, 0.3) is 6.08 Å². The Morgan fingerprint density at radius 2 is 1.49 bits per heavy atom. The van der Waals surface area contributed by atoms with Gasteiger partial charge < -0.3 is 19.5 Å². The van der Waals surface area contributed by atoms with Gasteiger partial charge >= 0.3 is 11.9 Å². The summed E-state index contributed by atoms with van der Waals surface area (Å²) in [6.07, 6.45) is 2.94. The van der Waals surface area contributed by atoms with Crippen molar-refractivity contribution >= 4 is 29.6 Å². The van der Waals surface area contributed by atoms with Crippen molar-refractivity contribution < 1.29 is 28.6 Å². The van der Waals surface area contributed by atoms with Crippen LogP contribution in [0.1, 0.15) is 43.6 Å². The van der Waals surface area contributed by atoms with Crippen LogP contribution in [0.15, 0.2) is 78.9 Å². The molecule has 180 valence electrons. The number of carbonyl (C=O) groups is 3. The van der Waals surface area contributed by atoms with Gasteiger partial charge in [-0.05, 0) is 68.8 Å². The zero-order valence-electron chi connectivity index (χ0n) is 20.0. The van der Waals surface area contributed by atoms with Gasteiger partial charge in [0.2, 0.25) is 5.91 Å².